The van der Waals surface area contributed by atoms with Crippen LogP contribution >= 0.6 is 0 Å². The smallest absolute Gasteiger partial charge is 0.261 e. The number of para-hydroxylation sites is 1. The Morgan fingerprint density at radius 1 is 1.11 bits per heavy atom. The van der Waals surface area contributed by atoms with Crippen LogP contribution in [-0.2, 0) is 24.7 Å². The second-order valence-electron chi connectivity index (χ2n) is 7.29. The van der Waals surface area contributed by atoms with Crippen molar-refractivity contribution >= 4 is 16.8 Å². The second kappa shape index (κ2) is 8.83. The molecule has 5 nitrogen and oxygen atoms in total. The SMILES string of the molecule is Cc1ccc(CCCNC(=O)CCc2nc3ccccc3c(=O)n2C)c(C)c1. The number of nitrogens with one attached hydrogen (secondary N) is 1. The maximum atomic E-state index is 12.4. The number of carbonyl (C=O) groups excluding carboxylic acids is 1. The van der Waals surface area contributed by atoms with E-state index in [1.54, 1.807) is 13.1 Å². The van der Waals surface area contributed by atoms with Crippen molar-refractivity contribution in [3.63, 3.8) is 0 Å². The lowest BCUT2D eigenvalue weighted by molar-refractivity contribution is -0.121. The molecular formula is C23H27N3O2. The molecule has 28 heavy (non-hydrogen) atoms. The van der Waals surface area contributed by atoms with Gasteiger partial charge in [-0.3, -0.25) is 14.2 Å². The monoisotopic (exact) mass is 377 g/mol. The summed E-state index contributed by atoms with van der Waals surface area (Å²) in [5.41, 5.74) is 4.50. The number of amides is 1. The molecule has 0 bridgehead atoms. The number of hydrogen-bond donors (Lipinski definition) is 1. The lowest BCUT2D eigenvalue weighted by atomic mass is 10.0. The first-order chi connectivity index (χ1) is 13.5. The van der Waals surface area contributed by atoms with E-state index in [0.717, 1.165) is 12.8 Å². The van der Waals surface area contributed by atoms with Gasteiger partial charge in [0.15, 0.2) is 0 Å². The van der Waals surface area contributed by atoms with Crippen LogP contribution in [0.5, 0.6) is 0 Å². The number of carbonyl (C=O) groups is 1. The Balaban J connectivity index is 1.50. The fraction of sp³-hybridized carbons (Fsp3) is 0.348. The molecule has 1 amide bonds. The third kappa shape index (κ3) is 4.66. The molecule has 0 radical (unpaired) electrons. The average Bonchev–Trinajstić information content (AvgIpc) is 2.68. The van der Waals surface area contributed by atoms with Crippen molar-refractivity contribution in [2.24, 2.45) is 7.05 Å². The number of rotatable bonds is 7. The topological polar surface area (TPSA) is 64.0 Å². The second-order valence-corrected chi connectivity index (χ2v) is 7.29. The molecule has 1 aromatic heterocycles. The van der Waals surface area contributed by atoms with Crippen molar-refractivity contribution in [2.45, 2.75) is 39.5 Å². The van der Waals surface area contributed by atoms with Crippen molar-refractivity contribution in [1.29, 1.82) is 0 Å². The van der Waals surface area contributed by atoms with Gasteiger partial charge in [-0.2, -0.15) is 0 Å². The maximum absolute atomic E-state index is 12.4. The third-order valence-electron chi connectivity index (χ3n) is 5.09. The summed E-state index contributed by atoms with van der Waals surface area (Å²) in [6.45, 7) is 4.87. The summed E-state index contributed by atoms with van der Waals surface area (Å²) in [6, 6.07) is 13.8. The molecule has 0 spiro atoms. The molecule has 0 aliphatic carbocycles. The van der Waals surface area contributed by atoms with E-state index >= 15 is 0 Å². The fourth-order valence-electron chi connectivity index (χ4n) is 3.43. The minimum Gasteiger partial charge on any atom is -0.356 e. The average molecular weight is 377 g/mol. The van der Waals surface area contributed by atoms with Gasteiger partial charge in [-0.05, 0) is 49.9 Å². The Bertz CT molecular complexity index is 1050. The van der Waals surface area contributed by atoms with Gasteiger partial charge in [0.05, 0.1) is 10.9 Å². The van der Waals surface area contributed by atoms with Crippen LogP contribution in [0.3, 0.4) is 0 Å². The molecule has 0 aliphatic heterocycles. The van der Waals surface area contributed by atoms with Gasteiger partial charge in [-0.25, -0.2) is 4.98 Å². The standard InChI is InChI=1S/C23H27N3O2/c1-16-10-11-18(17(2)15-16)7-6-14-24-22(27)13-12-21-25-20-9-5-4-8-19(20)23(28)26(21)3/h4-5,8-11,15H,6-7,12-14H2,1-3H3,(H,24,27). The van der Waals surface area contributed by atoms with Crippen LogP contribution in [0.1, 0.15) is 35.4 Å². The molecule has 0 saturated carbocycles. The van der Waals surface area contributed by atoms with E-state index in [2.05, 4.69) is 42.3 Å². The fourth-order valence-corrected chi connectivity index (χ4v) is 3.43. The Labute approximate surface area is 165 Å². The summed E-state index contributed by atoms with van der Waals surface area (Å²) in [6.07, 6.45) is 2.62. The van der Waals surface area contributed by atoms with E-state index < -0.39 is 0 Å². The maximum Gasteiger partial charge on any atom is 0.261 e. The van der Waals surface area contributed by atoms with Crippen LogP contribution in [0.4, 0.5) is 0 Å². The minimum atomic E-state index is -0.0746. The van der Waals surface area contributed by atoms with E-state index in [-0.39, 0.29) is 11.5 Å². The van der Waals surface area contributed by atoms with E-state index in [0.29, 0.717) is 36.1 Å². The number of aromatic nitrogens is 2. The molecule has 2 aromatic carbocycles. The number of benzene rings is 2. The molecule has 0 saturated heterocycles. The number of nitrogens with zero attached hydrogens (tertiary/aromatic N) is 2. The summed E-state index contributed by atoms with van der Waals surface area (Å²) in [5.74, 6) is 0.622. The first kappa shape index (κ1) is 19.8. The summed E-state index contributed by atoms with van der Waals surface area (Å²) < 4.78 is 1.54. The zero-order chi connectivity index (χ0) is 20.1. The molecule has 1 N–H and O–H groups in total. The van der Waals surface area contributed by atoms with Crippen LogP contribution in [-0.4, -0.2) is 22.0 Å². The Morgan fingerprint density at radius 3 is 2.68 bits per heavy atom. The summed E-state index contributed by atoms with van der Waals surface area (Å²) in [5, 5.41) is 3.57. The van der Waals surface area contributed by atoms with Crippen molar-refractivity contribution in [3.8, 4) is 0 Å². The summed E-state index contributed by atoms with van der Waals surface area (Å²) in [7, 11) is 1.71. The zero-order valence-electron chi connectivity index (χ0n) is 16.8. The van der Waals surface area contributed by atoms with Gasteiger partial charge in [0.2, 0.25) is 5.91 Å². The highest BCUT2D eigenvalue weighted by Gasteiger charge is 2.10. The first-order valence-electron chi connectivity index (χ1n) is 9.73. The van der Waals surface area contributed by atoms with Crippen LogP contribution in [0.2, 0.25) is 0 Å². The number of aryl methyl sites for hydroxylation is 4. The Morgan fingerprint density at radius 2 is 1.89 bits per heavy atom. The lowest BCUT2D eigenvalue weighted by Gasteiger charge is -2.10. The predicted octanol–water partition coefficient (Wildman–Crippen LogP) is 3.23. The molecule has 0 fully saturated rings. The highest BCUT2D eigenvalue weighted by molar-refractivity contribution is 5.78. The van der Waals surface area contributed by atoms with Crippen LogP contribution in [0.15, 0.2) is 47.3 Å². The van der Waals surface area contributed by atoms with E-state index in [4.69, 9.17) is 0 Å². The van der Waals surface area contributed by atoms with Gasteiger partial charge in [0.25, 0.3) is 5.56 Å². The van der Waals surface area contributed by atoms with Gasteiger partial charge >= 0.3 is 0 Å². The molecular weight excluding hydrogens is 350 g/mol. The number of hydrogen-bond acceptors (Lipinski definition) is 3. The van der Waals surface area contributed by atoms with Crippen molar-refractivity contribution < 1.29 is 4.79 Å². The van der Waals surface area contributed by atoms with Crippen molar-refractivity contribution in [1.82, 2.24) is 14.9 Å². The van der Waals surface area contributed by atoms with Crippen LogP contribution < -0.4 is 10.9 Å². The Hall–Kier alpha value is -2.95. The Kier molecular flexibility index (Phi) is 6.24. The third-order valence-corrected chi connectivity index (χ3v) is 5.09. The highest BCUT2D eigenvalue weighted by atomic mass is 16.1. The van der Waals surface area contributed by atoms with Crippen LogP contribution in [0, 0.1) is 13.8 Å². The summed E-state index contributed by atoms with van der Waals surface area (Å²) >= 11 is 0. The molecule has 5 heteroatoms. The van der Waals surface area contributed by atoms with Crippen molar-refractivity contribution in [3.05, 3.63) is 75.3 Å². The molecule has 3 aromatic rings. The van der Waals surface area contributed by atoms with Gasteiger partial charge in [0, 0.05) is 26.4 Å². The van der Waals surface area contributed by atoms with Gasteiger partial charge in [-0.15, -0.1) is 0 Å². The quantitative estimate of drug-likeness (QED) is 0.643. The number of fused-ring (bicyclic) bond motifs is 1. The van der Waals surface area contributed by atoms with Gasteiger partial charge < -0.3 is 5.32 Å². The van der Waals surface area contributed by atoms with E-state index in [1.165, 1.54) is 21.3 Å². The lowest BCUT2D eigenvalue weighted by Crippen LogP contribution is -2.27. The summed E-state index contributed by atoms with van der Waals surface area (Å²) in [4.78, 5) is 29.1. The predicted molar refractivity (Wildman–Crippen MR) is 113 cm³/mol. The van der Waals surface area contributed by atoms with Gasteiger partial charge in [-0.1, -0.05) is 35.9 Å². The van der Waals surface area contributed by atoms with E-state index in [9.17, 15) is 9.59 Å². The van der Waals surface area contributed by atoms with E-state index in [1.807, 2.05) is 18.2 Å². The first-order valence-corrected chi connectivity index (χ1v) is 9.73. The highest BCUT2D eigenvalue weighted by Crippen LogP contribution is 2.12. The van der Waals surface area contributed by atoms with Crippen LogP contribution in [0.25, 0.3) is 10.9 Å². The normalized spacial score (nSPS) is 11.0. The zero-order valence-corrected chi connectivity index (χ0v) is 16.8. The molecule has 3 rings (SSSR count). The largest absolute Gasteiger partial charge is 0.356 e. The molecule has 0 unspecified atom stereocenters. The molecule has 146 valence electrons. The molecule has 0 atom stereocenters. The van der Waals surface area contributed by atoms with Gasteiger partial charge in [0.1, 0.15) is 5.82 Å². The molecule has 1 heterocycles. The molecule has 0 aliphatic rings. The van der Waals surface area contributed by atoms with Crippen molar-refractivity contribution in [2.75, 3.05) is 6.54 Å². The minimum absolute atomic E-state index is 0.0111.